The molecule has 0 aliphatic heterocycles. The molecule has 1 rings (SSSR count). The first-order valence-corrected chi connectivity index (χ1v) is 7.34. The Hall–Kier alpha value is -2.28. The number of nitrogens with one attached hydrogen (secondary N) is 1. The van der Waals surface area contributed by atoms with E-state index in [9.17, 15) is 9.59 Å². The summed E-state index contributed by atoms with van der Waals surface area (Å²) in [4.78, 5) is 22.8. The number of carbonyl (C=O) groups is 2. The summed E-state index contributed by atoms with van der Waals surface area (Å²) in [7, 11) is 1.58. The molecule has 1 unspecified atom stereocenters. The SMILES string of the molecule is CCOc1cc(C(=O)N[C@@H](C)C(C)OC)ccc1OCC(=O)O. The van der Waals surface area contributed by atoms with Crippen LogP contribution in [0.15, 0.2) is 18.2 Å². The number of carbonyl (C=O) groups excluding carboxylic acids is 1. The number of amides is 1. The van der Waals surface area contributed by atoms with Crippen molar-refractivity contribution < 1.29 is 28.9 Å². The van der Waals surface area contributed by atoms with Gasteiger partial charge in [0.05, 0.1) is 18.8 Å². The molecule has 0 saturated heterocycles. The Balaban J connectivity index is 2.89. The molecule has 1 aromatic carbocycles. The van der Waals surface area contributed by atoms with Gasteiger partial charge in [0.15, 0.2) is 18.1 Å². The number of hydrogen-bond donors (Lipinski definition) is 2. The topological polar surface area (TPSA) is 94.1 Å². The number of carboxylic acid groups (broad SMARTS) is 1. The third-order valence-electron chi connectivity index (χ3n) is 3.29. The standard InChI is InChI=1S/C16H23NO6/c1-5-22-14-8-12(6-7-13(14)23-9-15(18)19)16(20)17-10(2)11(3)21-4/h6-8,10-11H,5,9H2,1-4H3,(H,17,20)(H,18,19)/t10-,11?/m0/s1. The van der Waals surface area contributed by atoms with Crippen molar-refractivity contribution in [3.8, 4) is 11.5 Å². The highest BCUT2D eigenvalue weighted by Gasteiger charge is 2.17. The second kappa shape index (κ2) is 8.99. The molecule has 7 heteroatoms. The van der Waals surface area contributed by atoms with Crippen LogP contribution in [0.2, 0.25) is 0 Å². The maximum absolute atomic E-state index is 12.3. The maximum Gasteiger partial charge on any atom is 0.341 e. The molecule has 0 radical (unpaired) electrons. The Morgan fingerprint density at radius 2 is 1.91 bits per heavy atom. The van der Waals surface area contributed by atoms with Gasteiger partial charge in [-0.2, -0.15) is 0 Å². The molecule has 0 bridgehead atoms. The monoisotopic (exact) mass is 325 g/mol. The van der Waals surface area contributed by atoms with Gasteiger partial charge in [0.25, 0.3) is 5.91 Å². The maximum atomic E-state index is 12.3. The van der Waals surface area contributed by atoms with E-state index in [-0.39, 0.29) is 23.8 Å². The lowest BCUT2D eigenvalue weighted by Gasteiger charge is -2.20. The summed E-state index contributed by atoms with van der Waals surface area (Å²) in [6.07, 6.45) is -0.122. The summed E-state index contributed by atoms with van der Waals surface area (Å²) in [5.74, 6) is -0.748. The largest absolute Gasteiger partial charge is 0.490 e. The van der Waals surface area contributed by atoms with Crippen LogP contribution >= 0.6 is 0 Å². The van der Waals surface area contributed by atoms with Crippen LogP contribution < -0.4 is 14.8 Å². The average Bonchev–Trinajstić information content (AvgIpc) is 2.52. The average molecular weight is 325 g/mol. The molecule has 0 spiro atoms. The zero-order chi connectivity index (χ0) is 17.4. The molecule has 0 heterocycles. The van der Waals surface area contributed by atoms with E-state index in [0.717, 1.165) is 0 Å². The van der Waals surface area contributed by atoms with Gasteiger partial charge in [-0.05, 0) is 39.0 Å². The number of aliphatic carboxylic acids is 1. The van der Waals surface area contributed by atoms with E-state index in [1.165, 1.54) is 12.1 Å². The van der Waals surface area contributed by atoms with Gasteiger partial charge in [-0.15, -0.1) is 0 Å². The van der Waals surface area contributed by atoms with Gasteiger partial charge in [-0.25, -0.2) is 4.79 Å². The number of methoxy groups -OCH3 is 1. The summed E-state index contributed by atoms with van der Waals surface area (Å²) < 4.78 is 15.7. The molecule has 2 N–H and O–H groups in total. The number of ether oxygens (including phenoxy) is 3. The summed E-state index contributed by atoms with van der Waals surface area (Å²) in [6, 6.07) is 4.44. The van der Waals surface area contributed by atoms with Crippen molar-refractivity contribution in [1.29, 1.82) is 0 Å². The first-order valence-electron chi connectivity index (χ1n) is 7.34. The van der Waals surface area contributed by atoms with E-state index >= 15 is 0 Å². The molecule has 0 aliphatic rings. The van der Waals surface area contributed by atoms with Crippen molar-refractivity contribution in [2.45, 2.75) is 32.9 Å². The Bertz CT molecular complexity index is 545. The molecule has 7 nitrogen and oxygen atoms in total. The van der Waals surface area contributed by atoms with Crippen molar-refractivity contribution in [3.63, 3.8) is 0 Å². The van der Waals surface area contributed by atoms with E-state index in [1.54, 1.807) is 20.1 Å². The molecule has 1 aromatic rings. The quantitative estimate of drug-likeness (QED) is 0.718. The van der Waals surface area contributed by atoms with Gasteiger partial charge in [0.1, 0.15) is 0 Å². The molecular formula is C16H23NO6. The lowest BCUT2D eigenvalue weighted by Crippen LogP contribution is -2.40. The second-order valence-electron chi connectivity index (χ2n) is 4.98. The van der Waals surface area contributed by atoms with Gasteiger partial charge in [-0.1, -0.05) is 0 Å². The fraction of sp³-hybridized carbons (Fsp3) is 0.500. The van der Waals surface area contributed by atoms with E-state index in [0.29, 0.717) is 17.9 Å². The third-order valence-corrected chi connectivity index (χ3v) is 3.29. The minimum absolute atomic E-state index is 0.122. The Labute approximate surface area is 135 Å². The van der Waals surface area contributed by atoms with Crippen molar-refractivity contribution in [1.82, 2.24) is 5.32 Å². The highest BCUT2D eigenvalue weighted by Crippen LogP contribution is 2.28. The van der Waals surface area contributed by atoms with Crippen molar-refractivity contribution in [2.24, 2.45) is 0 Å². The van der Waals surface area contributed by atoms with Crippen LogP contribution in [-0.2, 0) is 9.53 Å². The fourth-order valence-corrected chi connectivity index (χ4v) is 1.79. The van der Waals surface area contributed by atoms with Crippen LogP contribution in [0, 0.1) is 0 Å². The van der Waals surface area contributed by atoms with Crippen molar-refractivity contribution >= 4 is 11.9 Å². The Kier molecular flexibility index (Phi) is 7.34. The van der Waals surface area contributed by atoms with E-state index in [4.69, 9.17) is 19.3 Å². The highest BCUT2D eigenvalue weighted by atomic mass is 16.5. The van der Waals surface area contributed by atoms with Gasteiger partial charge in [-0.3, -0.25) is 4.79 Å². The number of rotatable bonds is 9. The van der Waals surface area contributed by atoms with Crippen LogP contribution in [0.5, 0.6) is 11.5 Å². The second-order valence-corrected chi connectivity index (χ2v) is 4.98. The fourth-order valence-electron chi connectivity index (χ4n) is 1.79. The molecule has 23 heavy (non-hydrogen) atoms. The van der Waals surface area contributed by atoms with E-state index in [2.05, 4.69) is 5.32 Å². The van der Waals surface area contributed by atoms with Crippen LogP contribution in [0.3, 0.4) is 0 Å². The molecule has 2 atom stereocenters. The highest BCUT2D eigenvalue weighted by molar-refractivity contribution is 5.95. The smallest absolute Gasteiger partial charge is 0.341 e. The number of benzene rings is 1. The van der Waals surface area contributed by atoms with E-state index in [1.807, 2.05) is 13.8 Å². The van der Waals surface area contributed by atoms with Crippen molar-refractivity contribution in [3.05, 3.63) is 23.8 Å². The molecule has 0 aliphatic carbocycles. The number of hydrogen-bond acceptors (Lipinski definition) is 5. The van der Waals surface area contributed by atoms with Gasteiger partial charge >= 0.3 is 5.97 Å². The molecule has 0 aromatic heterocycles. The summed E-state index contributed by atoms with van der Waals surface area (Å²) in [5.41, 5.74) is 0.395. The van der Waals surface area contributed by atoms with Crippen LogP contribution in [0.1, 0.15) is 31.1 Å². The molecule has 1 amide bonds. The molecule has 0 saturated carbocycles. The Morgan fingerprint density at radius 1 is 1.22 bits per heavy atom. The summed E-state index contributed by atoms with van der Waals surface area (Å²) in [5, 5.41) is 11.5. The molecular weight excluding hydrogens is 302 g/mol. The first-order chi connectivity index (χ1) is 10.9. The van der Waals surface area contributed by atoms with Crippen LogP contribution in [0.4, 0.5) is 0 Å². The van der Waals surface area contributed by atoms with Crippen molar-refractivity contribution in [2.75, 3.05) is 20.3 Å². The summed E-state index contributed by atoms with van der Waals surface area (Å²) >= 11 is 0. The summed E-state index contributed by atoms with van der Waals surface area (Å²) in [6.45, 7) is 5.38. The van der Waals surface area contributed by atoms with Crippen LogP contribution in [-0.4, -0.2) is 49.5 Å². The predicted octanol–water partition coefficient (Wildman–Crippen LogP) is 1.70. The first kappa shape index (κ1) is 18.8. The van der Waals surface area contributed by atoms with Crippen LogP contribution in [0.25, 0.3) is 0 Å². The zero-order valence-electron chi connectivity index (χ0n) is 13.8. The lowest BCUT2D eigenvalue weighted by molar-refractivity contribution is -0.139. The molecule has 0 fully saturated rings. The van der Waals surface area contributed by atoms with Gasteiger partial charge < -0.3 is 24.6 Å². The van der Waals surface area contributed by atoms with E-state index < -0.39 is 12.6 Å². The number of carboxylic acids is 1. The molecule has 128 valence electrons. The minimum atomic E-state index is -1.09. The third kappa shape index (κ3) is 5.78. The van der Waals surface area contributed by atoms with Gasteiger partial charge in [0, 0.05) is 12.7 Å². The predicted molar refractivity (Wildman–Crippen MR) is 84.1 cm³/mol. The normalized spacial score (nSPS) is 13.0. The lowest BCUT2D eigenvalue weighted by atomic mass is 10.1. The Morgan fingerprint density at radius 3 is 2.48 bits per heavy atom. The van der Waals surface area contributed by atoms with Gasteiger partial charge in [0.2, 0.25) is 0 Å². The zero-order valence-corrected chi connectivity index (χ0v) is 13.8. The minimum Gasteiger partial charge on any atom is -0.490 e.